The van der Waals surface area contributed by atoms with Gasteiger partial charge in [0, 0.05) is 10.4 Å². The van der Waals surface area contributed by atoms with Crippen LogP contribution < -0.4 is 5.32 Å². The third-order valence-corrected chi connectivity index (χ3v) is 3.44. The summed E-state index contributed by atoms with van der Waals surface area (Å²) in [6.45, 7) is 5.89. The van der Waals surface area contributed by atoms with Crippen LogP contribution in [0.2, 0.25) is 0 Å². The summed E-state index contributed by atoms with van der Waals surface area (Å²) in [7, 11) is 0. The maximum Gasteiger partial charge on any atom is 0.293 e. The van der Waals surface area contributed by atoms with Gasteiger partial charge in [-0.05, 0) is 26.3 Å². The van der Waals surface area contributed by atoms with Crippen LogP contribution in [0.4, 0.5) is 5.13 Å². The molecule has 17 heavy (non-hydrogen) atoms. The molecule has 2 heterocycles. The van der Waals surface area contributed by atoms with Gasteiger partial charge in [0.1, 0.15) is 0 Å². The summed E-state index contributed by atoms with van der Waals surface area (Å²) in [5, 5.41) is 3.38. The van der Waals surface area contributed by atoms with Gasteiger partial charge in [-0.15, -0.1) is 11.3 Å². The van der Waals surface area contributed by atoms with Crippen molar-refractivity contribution < 1.29 is 9.21 Å². The van der Waals surface area contributed by atoms with Gasteiger partial charge in [-0.1, -0.05) is 6.92 Å². The first kappa shape index (κ1) is 11.9. The molecule has 5 heteroatoms. The molecule has 2 rings (SSSR count). The molecule has 0 radical (unpaired) electrons. The van der Waals surface area contributed by atoms with Crippen molar-refractivity contribution in [3.05, 3.63) is 34.2 Å². The Bertz CT molecular complexity index is 542. The van der Waals surface area contributed by atoms with E-state index >= 15 is 0 Å². The van der Waals surface area contributed by atoms with E-state index < -0.39 is 0 Å². The number of nitrogens with one attached hydrogen (secondary N) is 1. The summed E-state index contributed by atoms with van der Waals surface area (Å²) in [5.41, 5.74) is 1.85. The number of nitrogens with zero attached hydrogens (tertiary/aromatic N) is 1. The van der Waals surface area contributed by atoms with Crippen LogP contribution in [-0.4, -0.2) is 10.9 Å². The van der Waals surface area contributed by atoms with Crippen LogP contribution in [-0.2, 0) is 6.42 Å². The second-order valence-corrected chi connectivity index (χ2v) is 4.97. The van der Waals surface area contributed by atoms with E-state index in [1.54, 1.807) is 6.07 Å². The summed E-state index contributed by atoms with van der Waals surface area (Å²) in [4.78, 5) is 17.4. The number of rotatable bonds is 3. The lowest BCUT2D eigenvalue weighted by molar-refractivity contribution is 0.0996. The van der Waals surface area contributed by atoms with Crippen LogP contribution in [0.3, 0.4) is 0 Å². The van der Waals surface area contributed by atoms with E-state index in [1.807, 2.05) is 20.8 Å². The summed E-state index contributed by atoms with van der Waals surface area (Å²) in [5.74, 6) is 0.0970. The van der Waals surface area contributed by atoms with Crippen LogP contribution in [0.25, 0.3) is 0 Å². The van der Waals surface area contributed by atoms with Crippen LogP contribution >= 0.6 is 11.3 Å². The second-order valence-electron chi connectivity index (χ2n) is 3.76. The maximum absolute atomic E-state index is 11.9. The quantitative estimate of drug-likeness (QED) is 0.910. The smallest absolute Gasteiger partial charge is 0.293 e. The number of thiazole rings is 1. The van der Waals surface area contributed by atoms with Crippen molar-refractivity contribution in [3.8, 4) is 0 Å². The number of amides is 1. The van der Waals surface area contributed by atoms with Crippen molar-refractivity contribution >= 4 is 22.4 Å². The first-order valence-corrected chi connectivity index (χ1v) is 6.25. The summed E-state index contributed by atoms with van der Waals surface area (Å²) in [6.07, 6.45) is 2.38. The molecule has 0 saturated heterocycles. The topological polar surface area (TPSA) is 55.1 Å². The van der Waals surface area contributed by atoms with Gasteiger partial charge in [0.25, 0.3) is 5.91 Å². The van der Waals surface area contributed by atoms with Crippen molar-refractivity contribution in [3.63, 3.8) is 0 Å². The summed E-state index contributed by atoms with van der Waals surface area (Å²) >= 11 is 1.49. The molecule has 2 aromatic rings. The molecule has 1 N–H and O–H groups in total. The summed E-state index contributed by atoms with van der Waals surface area (Å²) < 4.78 is 5.13. The van der Waals surface area contributed by atoms with Crippen molar-refractivity contribution in [2.45, 2.75) is 27.2 Å². The molecule has 2 aromatic heterocycles. The van der Waals surface area contributed by atoms with Gasteiger partial charge in [0.05, 0.1) is 12.0 Å². The molecule has 4 nitrogen and oxygen atoms in total. The minimum absolute atomic E-state index is 0.246. The van der Waals surface area contributed by atoms with E-state index in [0.29, 0.717) is 10.9 Å². The van der Waals surface area contributed by atoms with E-state index in [2.05, 4.69) is 10.3 Å². The highest BCUT2D eigenvalue weighted by molar-refractivity contribution is 7.15. The molecule has 0 spiro atoms. The number of aromatic nitrogens is 1. The lowest BCUT2D eigenvalue weighted by atomic mass is 10.3. The van der Waals surface area contributed by atoms with Crippen LogP contribution in [0.15, 0.2) is 16.7 Å². The lowest BCUT2D eigenvalue weighted by Gasteiger charge is -1.98. The average Bonchev–Trinajstić information content (AvgIpc) is 2.84. The molecule has 0 atom stereocenters. The predicted octanol–water partition coefficient (Wildman–Crippen LogP) is 3.17. The Hall–Kier alpha value is -1.62. The third kappa shape index (κ3) is 2.39. The van der Waals surface area contributed by atoms with E-state index in [1.165, 1.54) is 17.6 Å². The molecular weight excluding hydrogens is 236 g/mol. The fraction of sp³-hybridized carbons (Fsp3) is 0.333. The number of hydrogen-bond donors (Lipinski definition) is 1. The van der Waals surface area contributed by atoms with Crippen LogP contribution in [0.1, 0.15) is 33.6 Å². The standard InChI is InChI=1S/C12H14N2O2S/c1-4-9-8(3)17-12(13-9)14-11(15)10-7(2)5-6-16-10/h5-6H,4H2,1-3H3,(H,13,14,15). The molecule has 0 unspecified atom stereocenters. The Balaban J connectivity index is 2.16. The maximum atomic E-state index is 11.9. The van der Waals surface area contributed by atoms with E-state index in [0.717, 1.165) is 22.6 Å². The molecule has 0 aliphatic carbocycles. The Morgan fingerprint density at radius 1 is 1.53 bits per heavy atom. The predicted molar refractivity (Wildman–Crippen MR) is 67.6 cm³/mol. The zero-order valence-electron chi connectivity index (χ0n) is 10.0. The van der Waals surface area contributed by atoms with E-state index in [-0.39, 0.29) is 5.91 Å². The fourth-order valence-corrected chi connectivity index (χ4v) is 2.47. The Labute approximate surface area is 104 Å². The first-order chi connectivity index (χ1) is 8.11. The van der Waals surface area contributed by atoms with Crippen molar-refractivity contribution in [1.82, 2.24) is 4.98 Å². The third-order valence-electron chi connectivity index (χ3n) is 2.52. The Morgan fingerprint density at radius 3 is 2.82 bits per heavy atom. The number of aryl methyl sites for hydroxylation is 3. The van der Waals surface area contributed by atoms with Gasteiger partial charge in [0.15, 0.2) is 10.9 Å². The first-order valence-electron chi connectivity index (χ1n) is 5.43. The highest BCUT2D eigenvalue weighted by Crippen LogP contribution is 2.23. The fourth-order valence-electron chi connectivity index (χ4n) is 1.57. The Morgan fingerprint density at radius 2 is 2.29 bits per heavy atom. The second kappa shape index (κ2) is 4.71. The zero-order chi connectivity index (χ0) is 12.4. The molecular formula is C12H14N2O2S. The van der Waals surface area contributed by atoms with Crippen molar-refractivity contribution in [1.29, 1.82) is 0 Å². The SMILES string of the molecule is CCc1nc(NC(=O)c2occc2C)sc1C. The molecule has 0 aliphatic heterocycles. The molecule has 1 amide bonds. The monoisotopic (exact) mass is 250 g/mol. The average molecular weight is 250 g/mol. The van der Waals surface area contributed by atoms with E-state index in [9.17, 15) is 4.79 Å². The van der Waals surface area contributed by atoms with Crippen LogP contribution in [0, 0.1) is 13.8 Å². The number of hydrogen-bond acceptors (Lipinski definition) is 4. The summed E-state index contributed by atoms with van der Waals surface area (Å²) in [6, 6.07) is 1.76. The van der Waals surface area contributed by atoms with Gasteiger partial charge in [0.2, 0.25) is 0 Å². The molecule has 0 aromatic carbocycles. The van der Waals surface area contributed by atoms with Gasteiger partial charge in [-0.25, -0.2) is 4.98 Å². The van der Waals surface area contributed by atoms with Gasteiger partial charge < -0.3 is 4.42 Å². The van der Waals surface area contributed by atoms with Gasteiger partial charge >= 0.3 is 0 Å². The van der Waals surface area contributed by atoms with Gasteiger partial charge in [-0.3, -0.25) is 10.1 Å². The highest BCUT2D eigenvalue weighted by Gasteiger charge is 2.15. The number of furan rings is 1. The number of carbonyl (C=O) groups is 1. The molecule has 0 saturated carbocycles. The molecule has 0 aliphatic rings. The molecule has 90 valence electrons. The molecule has 0 bridgehead atoms. The lowest BCUT2D eigenvalue weighted by Crippen LogP contribution is -2.11. The Kier molecular flexibility index (Phi) is 3.28. The van der Waals surface area contributed by atoms with Crippen LogP contribution in [0.5, 0.6) is 0 Å². The minimum Gasteiger partial charge on any atom is -0.459 e. The minimum atomic E-state index is -0.246. The zero-order valence-corrected chi connectivity index (χ0v) is 10.9. The molecule has 0 fully saturated rings. The highest BCUT2D eigenvalue weighted by atomic mass is 32.1. The number of anilines is 1. The largest absolute Gasteiger partial charge is 0.459 e. The van der Waals surface area contributed by atoms with Crippen molar-refractivity contribution in [2.24, 2.45) is 0 Å². The normalized spacial score (nSPS) is 10.5. The van der Waals surface area contributed by atoms with Gasteiger partial charge in [-0.2, -0.15) is 0 Å². The van der Waals surface area contributed by atoms with E-state index in [4.69, 9.17) is 4.42 Å². The van der Waals surface area contributed by atoms with Crippen molar-refractivity contribution in [2.75, 3.05) is 5.32 Å². The number of carbonyl (C=O) groups excluding carboxylic acids is 1.